The third-order valence-corrected chi connectivity index (χ3v) is 7.74. The van der Waals surface area contributed by atoms with Crippen LogP contribution >= 0.6 is 0 Å². The average molecular weight is 567 g/mol. The third-order valence-electron chi connectivity index (χ3n) is 7.74. The molecule has 2 fully saturated rings. The lowest BCUT2D eigenvalue weighted by Crippen LogP contribution is -2.64. The normalized spacial score (nSPS) is 35.4. The highest BCUT2D eigenvalue weighted by atomic mass is 16.7. The molecule has 2 saturated heterocycles. The Morgan fingerprint density at radius 3 is 1.49 bits per heavy atom. The molecule has 39 heavy (non-hydrogen) atoms. The van der Waals surface area contributed by atoms with Gasteiger partial charge in [-0.2, -0.15) is 0 Å². The molecular weight excluding hydrogens is 512 g/mol. The van der Waals surface area contributed by atoms with Gasteiger partial charge in [-0.15, -0.1) is 0 Å². The maximum atomic E-state index is 10.6. The zero-order chi connectivity index (χ0) is 28.6. The van der Waals surface area contributed by atoms with Crippen molar-refractivity contribution in [2.75, 3.05) is 19.8 Å². The Morgan fingerprint density at radius 1 is 0.513 bits per heavy atom. The number of aliphatic hydroxyl groups is 7. The van der Waals surface area contributed by atoms with Gasteiger partial charge in [0.1, 0.15) is 48.8 Å². The van der Waals surface area contributed by atoms with Crippen molar-refractivity contribution in [3.63, 3.8) is 0 Å². The molecule has 0 aromatic rings. The van der Waals surface area contributed by atoms with E-state index in [4.69, 9.17) is 18.9 Å². The van der Waals surface area contributed by atoms with E-state index in [1.54, 1.807) is 0 Å². The lowest BCUT2D eigenvalue weighted by Gasteiger charge is -2.45. The minimum absolute atomic E-state index is 0.322. The molecule has 0 aromatic carbocycles. The maximum Gasteiger partial charge on any atom is 0.187 e. The Labute approximate surface area is 233 Å². The molecule has 0 aromatic heterocycles. The van der Waals surface area contributed by atoms with Crippen LogP contribution in [-0.2, 0) is 18.9 Å². The van der Waals surface area contributed by atoms with Crippen LogP contribution in [0.25, 0.3) is 0 Å². The second-order valence-electron chi connectivity index (χ2n) is 11.0. The van der Waals surface area contributed by atoms with Crippen LogP contribution in [0.4, 0.5) is 0 Å². The maximum absolute atomic E-state index is 10.6. The van der Waals surface area contributed by atoms with Gasteiger partial charge in [0.05, 0.1) is 13.2 Å². The van der Waals surface area contributed by atoms with Crippen LogP contribution in [0.1, 0.15) is 96.8 Å². The molecule has 0 bridgehead atoms. The molecular formula is C28H54O11. The van der Waals surface area contributed by atoms with E-state index < -0.39 is 74.6 Å². The fraction of sp³-hybridized carbons (Fsp3) is 1.00. The summed E-state index contributed by atoms with van der Waals surface area (Å²) in [5.74, 6) is 0. The first kappa shape index (κ1) is 34.8. The number of aliphatic hydroxyl groups excluding tert-OH is 7. The lowest BCUT2D eigenvalue weighted by atomic mass is 9.97. The minimum Gasteiger partial charge on any atom is -0.394 e. The first-order valence-corrected chi connectivity index (χ1v) is 15.1. The van der Waals surface area contributed by atoms with Crippen molar-refractivity contribution in [2.24, 2.45) is 0 Å². The summed E-state index contributed by atoms with van der Waals surface area (Å²) >= 11 is 0. The Kier molecular flexibility index (Phi) is 17.5. The second-order valence-corrected chi connectivity index (χ2v) is 11.0. The molecule has 10 atom stereocenters. The number of rotatable bonds is 20. The minimum atomic E-state index is -1.69. The van der Waals surface area contributed by atoms with Gasteiger partial charge in [-0.25, -0.2) is 0 Å². The predicted octanol–water partition coefficient (Wildman–Crippen LogP) is 1.11. The van der Waals surface area contributed by atoms with Crippen LogP contribution in [-0.4, -0.2) is 117 Å². The van der Waals surface area contributed by atoms with Crippen molar-refractivity contribution < 1.29 is 54.7 Å². The number of hydrogen-bond donors (Lipinski definition) is 7. The van der Waals surface area contributed by atoms with E-state index in [1.807, 2.05) is 0 Å². The van der Waals surface area contributed by atoms with Crippen molar-refractivity contribution in [3.8, 4) is 0 Å². The highest BCUT2D eigenvalue weighted by molar-refractivity contribution is 4.94. The van der Waals surface area contributed by atoms with Gasteiger partial charge < -0.3 is 54.7 Å². The summed E-state index contributed by atoms with van der Waals surface area (Å²) in [5.41, 5.74) is 0. The second kappa shape index (κ2) is 19.6. The van der Waals surface area contributed by atoms with E-state index in [9.17, 15) is 35.7 Å². The fourth-order valence-electron chi connectivity index (χ4n) is 5.19. The largest absolute Gasteiger partial charge is 0.394 e. The summed E-state index contributed by atoms with van der Waals surface area (Å²) in [6.07, 6.45) is 2.97. The molecule has 0 saturated carbocycles. The SMILES string of the molecule is CCCCCCCCCCCCCCCCO[C@@H]1O[C@H](CO)[C@H](O[C@@H]2O[C@H](CO)[C@H](O)[C@H](O)[C@@H]2O)[C@H](O)[C@@H]1O. The van der Waals surface area contributed by atoms with E-state index in [1.165, 1.54) is 70.6 Å². The third kappa shape index (κ3) is 11.4. The van der Waals surface area contributed by atoms with E-state index in [0.717, 1.165) is 19.3 Å². The van der Waals surface area contributed by atoms with E-state index in [0.29, 0.717) is 6.61 Å². The monoisotopic (exact) mass is 566 g/mol. The highest BCUT2D eigenvalue weighted by Gasteiger charge is 2.50. The molecule has 0 radical (unpaired) electrons. The first-order chi connectivity index (χ1) is 18.8. The Morgan fingerprint density at radius 2 is 0.974 bits per heavy atom. The zero-order valence-electron chi connectivity index (χ0n) is 23.6. The Hall–Kier alpha value is -0.440. The Bertz CT molecular complexity index is 608. The summed E-state index contributed by atoms with van der Waals surface area (Å²) in [5, 5.41) is 70.4. The molecule has 0 amide bonds. The van der Waals surface area contributed by atoms with Gasteiger partial charge in [0, 0.05) is 6.61 Å². The number of ether oxygens (including phenoxy) is 4. The predicted molar refractivity (Wildman–Crippen MR) is 143 cm³/mol. The molecule has 0 aliphatic carbocycles. The van der Waals surface area contributed by atoms with Crippen molar-refractivity contribution in [1.82, 2.24) is 0 Å². The molecule has 2 aliphatic heterocycles. The van der Waals surface area contributed by atoms with Gasteiger partial charge >= 0.3 is 0 Å². The molecule has 7 N–H and O–H groups in total. The molecule has 232 valence electrons. The topological polar surface area (TPSA) is 179 Å². The van der Waals surface area contributed by atoms with Gasteiger partial charge in [-0.1, -0.05) is 90.4 Å². The highest BCUT2D eigenvalue weighted by Crippen LogP contribution is 2.29. The van der Waals surface area contributed by atoms with Crippen molar-refractivity contribution in [1.29, 1.82) is 0 Å². The quantitative estimate of drug-likeness (QED) is 0.105. The van der Waals surface area contributed by atoms with Gasteiger partial charge in [-0.3, -0.25) is 0 Å². The molecule has 2 aliphatic rings. The van der Waals surface area contributed by atoms with Crippen LogP contribution in [0.15, 0.2) is 0 Å². The molecule has 0 unspecified atom stereocenters. The molecule has 2 heterocycles. The fourth-order valence-corrected chi connectivity index (χ4v) is 5.19. The number of unbranched alkanes of at least 4 members (excludes halogenated alkanes) is 13. The van der Waals surface area contributed by atoms with Gasteiger partial charge in [0.15, 0.2) is 12.6 Å². The van der Waals surface area contributed by atoms with Crippen LogP contribution in [0.3, 0.4) is 0 Å². The molecule has 11 nitrogen and oxygen atoms in total. The van der Waals surface area contributed by atoms with Crippen LogP contribution in [0.5, 0.6) is 0 Å². The summed E-state index contributed by atoms with van der Waals surface area (Å²) in [7, 11) is 0. The summed E-state index contributed by atoms with van der Waals surface area (Å²) in [4.78, 5) is 0. The van der Waals surface area contributed by atoms with Gasteiger partial charge in [0.2, 0.25) is 0 Å². The summed E-state index contributed by atoms with van der Waals surface area (Å²) in [6.45, 7) is 1.34. The van der Waals surface area contributed by atoms with E-state index >= 15 is 0 Å². The van der Waals surface area contributed by atoms with Gasteiger partial charge in [0.25, 0.3) is 0 Å². The lowest BCUT2D eigenvalue weighted by molar-refractivity contribution is -0.359. The van der Waals surface area contributed by atoms with E-state index in [2.05, 4.69) is 6.92 Å². The number of hydrogen-bond acceptors (Lipinski definition) is 11. The molecule has 0 spiro atoms. The van der Waals surface area contributed by atoms with Crippen LogP contribution < -0.4 is 0 Å². The standard InChI is InChI=1S/C28H54O11/c1-2-3-4-5-6-7-8-9-10-11-12-13-14-15-16-36-27-25(35)23(33)26(20(18-30)38-27)39-28-24(34)22(32)21(31)19(17-29)37-28/h19-35H,2-18H2,1H3/t19-,20-,21+,22+,23-,24+,25+,26+,27-,28+/m1/s1. The molecule has 11 heteroatoms. The first-order valence-electron chi connectivity index (χ1n) is 15.1. The van der Waals surface area contributed by atoms with E-state index in [-0.39, 0.29) is 0 Å². The summed E-state index contributed by atoms with van der Waals surface area (Å²) in [6, 6.07) is 0. The Balaban J connectivity index is 1.62. The van der Waals surface area contributed by atoms with Crippen molar-refractivity contribution in [2.45, 2.75) is 158 Å². The van der Waals surface area contributed by atoms with Crippen LogP contribution in [0, 0.1) is 0 Å². The van der Waals surface area contributed by atoms with Crippen LogP contribution in [0.2, 0.25) is 0 Å². The molecule has 2 rings (SSSR count). The van der Waals surface area contributed by atoms with Crippen molar-refractivity contribution >= 4 is 0 Å². The summed E-state index contributed by atoms with van der Waals surface area (Å²) < 4.78 is 22.1. The van der Waals surface area contributed by atoms with Gasteiger partial charge in [-0.05, 0) is 6.42 Å². The average Bonchev–Trinajstić information content (AvgIpc) is 2.94. The smallest absolute Gasteiger partial charge is 0.187 e. The zero-order valence-corrected chi connectivity index (χ0v) is 23.6. The van der Waals surface area contributed by atoms with Crippen molar-refractivity contribution in [3.05, 3.63) is 0 Å².